The number of anilines is 1. The molecule has 96 valence electrons. The van der Waals surface area contributed by atoms with Crippen LogP contribution in [0.15, 0.2) is 28.7 Å². The van der Waals surface area contributed by atoms with Gasteiger partial charge in [-0.05, 0) is 49.7 Å². The van der Waals surface area contributed by atoms with Crippen LogP contribution in [0.1, 0.15) is 13.8 Å². The first-order valence-electron chi connectivity index (χ1n) is 6.16. The van der Waals surface area contributed by atoms with Crippen LogP contribution in [0.2, 0.25) is 0 Å². The Morgan fingerprint density at radius 3 is 2.29 bits per heavy atom. The summed E-state index contributed by atoms with van der Waals surface area (Å²) in [7, 11) is 4.18. The zero-order valence-corrected chi connectivity index (χ0v) is 12.8. The number of nitrogens with zero attached hydrogens (tertiary/aromatic N) is 1. The molecule has 0 heterocycles. The minimum Gasteiger partial charge on any atom is -0.374 e. The molecular weight excluding hydrogens is 276 g/mol. The van der Waals surface area contributed by atoms with E-state index in [0.717, 1.165) is 17.6 Å². The van der Waals surface area contributed by atoms with Crippen molar-refractivity contribution in [2.24, 2.45) is 11.8 Å². The van der Waals surface area contributed by atoms with E-state index in [1.54, 1.807) is 0 Å². The lowest BCUT2D eigenvalue weighted by Gasteiger charge is -2.28. The topological polar surface area (TPSA) is 15.3 Å². The van der Waals surface area contributed by atoms with Crippen molar-refractivity contribution < 1.29 is 0 Å². The second-order valence-corrected chi connectivity index (χ2v) is 5.83. The predicted octanol–water partition coefficient (Wildman–Crippen LogP) is 3.38. The summed E-state index contributed by atoms with van der Waals surface area (Å²) < 4.78 is 1.13. The Balaban J connectivity index is 2.63. The van der Waals surface area contributed by atoms with Gasteiger partial charge >= 0.3 is 0 Å². The van der Waals surface area contributed by atoms with Crippen molar-refractivity contribution in [2.75, 3.05) is 32.1 Å². The molecule has 1 rings (SSSR count). The summed E-state index contributed by atoms with van der Waals surface area (Å²) in [5, 5.41) is 3.28. The van der Waals surface area contributed by atoms with E-state index in [0.29, 0.717) is 11.8 Å². The van der Waals surface area contributed by atoms with Gasteiger partial charge in [-0.2, -0.15) is 0 Å². The van der Waals surface area contributed by atoms with Crippen molar-refractivity contribution in [1.82, 2.24) is 5.32 Å². The van der Waals surface area contributed by atoms with Gasteiger partial charge in [-0.3, -0.25) is 0 Å². The second-order valence-electron chi connectivity index (χ2n) is 4.92. The average Bonchev–Trinajstić information content (AvgIpc) is 2.29. The third-order valence-corrected chi connectivity index (χ3v) is 3.71. The zero-order chi connectivity index (χ0) is 12.8. The quantitative estimate of drug-likeness (QED) is 0.866. The first kappa shape index (κ1) is 14.5. The lowest BCUT2D eigenvalue weighted by Crippen LogP contribution is -2.34. The number of halogens is 1. The fourth-order valence-corrected chi connectivity index (χ4v) is 2.19. The first-order valence-corrected chi connectivity index (χ1v) is 6.95. The van der Waals surface area contributed by atoms with Gasteiger partial charge in [0.25, 0.3) is 0 Å². The zero-order valence-electron chi connectivity index (χ0n) is 11.2. The Hall–Kier alpha value is -0.540. The van der Waals surface area contributed by atoms with E-state index in [2.05, 4.69) is 71.3 Å². The third-order valence-electron chi connectivity index (χ3n) is 3.18. The molecule has 0 bridgehead atoms. The highest BCUT2D eigenvalue weighted by molar-refractivity contribution is 9.10. The van der Waals surface area contributed by atoms with Gasteiger partial charge in [0, 0.05) is 23.8 Å². The largest absolute Gasteiger partial charge is 0.374 e. The smallest absolute Gasteiger partial charge is 0.0364 e. The van der Waals surface area contributed by atoms with Crippen molar-refractivity contribution in [3.05, 3.63) is 28.7 Å². The summed E-state index contributed by atoms with van der Waals surface area (Å²) in [5.41, 5.74) is 1.27. The molecule has 0 aliphatic carbocycles. The minimum atomic E-state index is 0.675. The van der Waals surface area contributed by atoms with E-state index < -0.39 is 0 Å². The number of benzene rings is 1. The van der Waals surface area contributed by atoms with Crippen molar-refractivity contribution >= 4 is 21.6 Å². The Labute approximate surface area is 114 Å². The van der Waals surface area contributed by atoms with Crippen LogP contribution in [0.4, 0.5) is 5.69 Å². The fraction of sp³-hybridized carbons (Fsp3) is 0.571. The molecule has 1 N–H and O–H groups in total. The summed E-state index contributed by atoms with van der Waals surface area (Å²) in [6.45, 7) is 6.73. The molecule has 0 fully saturated rings. The highest BCUT2D eigenvalue weighted by atomic mass is 79.9. The second kappa shape index (κ2) is 7.02. The summed E-state index contributed by atoms with van der Waals surface area (Å²) in [4.78, 5) is 2.33. The van der Waals surface area contributed by atoms with Crippen LogP contribution in [0.3, 0.4) is 0 Å². The SMILES string of the molecule is CNCC(CN(C)c1ccc(Br)cc1)C(C)C. The van der Waals surface area contributed by atoms with E-state index in [9.17, 15) is 0 Å². The standard InChI is InChI=1S/C14H23BrN2/c1-11(2)12(9-16-3)10-17(4)14-7-5-13(15)6-8-14/h5-8,11-12,16H,9-10H2,1-4H3. The van der Waals surface area contributed by atoms with Gasteiger partial charge in [-0.1, -0.05) is 29.8 Å². The maximum absolute atomic E-state index is 3.46. The van der Waals surface area contributed by atoms with E-state index in [-0.39, 0.29) is 0 Å². The van der Waals surface area contributed by atoms with Crippen LogP contribution in [0.25, 0.3) is 0 Å². The molecular formula is C14H23BrN2. The van der Waals surface area contributed by atoms with Gasteiger partial charge < -0.3 is 10.2 Å². The summed E-state index contributed by atoms with van der Waals surface area (Å²) in [6, 6.07) is 8.49. The number of nitrogens with one attached hydrogen (secondary N) is 1. The first-order chi connectivity index (χ1) is 8.04. The van der Waals surface area contributed by atoms with E-state index >= 15 is 0 Å². The van der Waals surface area contributed by atoms with E-state index in [1.807, 2.05) is 7.05 Å². The lowest BCUT2D eigenvalue weighted by atomic mass is 9.95. The summed E-state index contributed by atoms with van der Waals surface area (Å²) >= 11 is 3.46. The molecule has 0 saturated heterocycles. The third kappa shape index (κ3) is 4.68. The van der Waals surface area contributed by atoms with Gasteiger partial charge in [-0.25, -0.2) is 0 Å². The van der Waals surface area contributed by atoms with Gasteiger partial charge in [-0.15, -0.1) is 0 Å². The maximum atomic E-state index is 3.46. The molecule has 3 heteroatoms. The molecule has 1 aromatic rings. The molecule has 2 nitrogen and oxygen atoms in total. The Kier molecular flexibility index (Phi) is 6.00. The van der Waals surface area contributed by atoms with Crippen LogP contribution < -0.4 is 10.2 Å². The Morgan fingerprint density at radius 2 is 1.82 bits per heavy atom. The molecule has 0 aliphatic rings. The van der Waals surface area contributed by atoms with Gasteiger partial charge in [0.05, 0.1) is 0 Å². The number of hydrogen-bond acceptors (Lipinski definition) is 2. The normalized spacial score (nSPS) is 12.8. The molecule has 0 amide bonds. The molecule has 0 radical (unpaired) electrons. The predicted molar refractivity (Wildman–Crippen MR) is 79.7 cm³/mol. The molecule has 17 heavy (non-hydrogen) atoms. The highest BCUT2D eigenvalue weighted by Gasteiger charge is 2.15. The molecule has 0 saturated carbocycles. The number of hydrogen-bond donors (Lipinski definition) is 1. The van der Waals surface area contributed by atoms with Crippen LogP contribution in [-0.2, 0) is 0 Å². The van der Waals surface area contributed by atoms with E-state index in [1.165, 1.54) is 5.69 Å². The van der Waals surface area contributed by atoms with Crippen molar-refractivity contribution in [2.45, 2.75) is 13.8 Å². The molecule has 1 unspecified atom stereocenters. The van der Waals surface area contributed by atoms with E-state index in [4.69, 9.17) is 0 Å². The van der Waals surface area contributed by atoms with Gasteiger partial charge in [0.2, 0.25) is 0 Å². The average molecular weight is 299 g/mol. The summed E-state index contributed by atoms with van der Waals surface area (Å²) in [5.74, 6) is 1.37. The monoisotopic (exact) mass is 298 g/mol. The highest BCUT2D eigenvalue weighted by Crippen LogP contribution is 2.20. The van der Waals surface area contributed by atoms with Crippen LogP contribution in [-0.4, -0.2) is 27.2 Å². The minimum absolute atomic E-state index is 0.675. The van der Waals surface area contributed by atoms with Crippen molar-refractivity contribution in [3.63, 3.8) is 0 Å². The molecule has 0 spiro atoms. The van der Waals surface area contributed by atoms with Crippen LogP contribution in [0.5, 0.6) is 0 Å². The maximum Gasteiger partial charge on any atom is 0.0364 e. The van der Waals surface area contributed by atoms with Crippen molar-refractivity contribution in [3.8, 4) is 0 Å². The fourth-order valence-electron chi connectivity index (χ4n) is 1.93. The molecule has 0 aromatic heterocycles. The summed E-state index contributed by atoms with van der Waals surface area (Å²) in [6.07, 6.45) is 0. The van der Waals surface area contributed by atoms with Crippen LogP contribution >= 0.6 is 15.9 Å². The van der Waals surface area contributed by atoms with Gasteiger partial charge in [0.15, 0.2) is 0 Å². The Bertz CT molecular complexity index is 321. The molecule has 0 aliphatic heterocycles. The van der Waals surface area contributed by atoms with Gasteiger partial charge in [0.1, 0.15) is 0 Å². The van der Waals surface area contributed by atoms with Crippen LogP contribution in [0, 0.1) is 11.8 Å². The number of rotatable bonds is 6. The lowest BCUT2D eigenvalue weighted by molar-refractivity contribution is 0.376. The molecule has 1 aromatic carbocycles. The van der Waals surface area contributed by atoms with Crippen molar-refractivity contribution in [1.29, 1.82) is 0 Å². The molecule has 1 atom stereocenters. The Morgan fingerprint density at radius 1 is 1.24 bits per heavy atom.